The summed E-state index contributed by atoms with van der Waals surface area (Å²) in [5.74, 6) is -1.17. The zero-order valence-electron chi connectivity index (χ0n) is 7.57. The fourth-order valence-corrected chi connectivity index (χ4v) is 1.12. The molecule has 0 amide bonds. The van der Waals surface area contributed by atoms with Crippen molar-refractivity contribution < 1.29 is 9.90 Å². The molecule has 0 spiro atoms. The van der Waals surface area contributed by atoms with Crippen LogP contribution in [0.15, 0.2) is 17.2 Å². The van der Waals surface area contributed by atoms with E-state index in [1.165, 1.54) is 6.20 Å². The standard InChI is InChI=1S/C9H11NO3/c1-3-10-4-6(2)8(11)7(5-10)9(12)13/h4-5H,3H2,1-2H3,(H,12,13). The summed E-state index contributed by atoms with van der Waals surface area (Å²) in [7, 11) is 0. The molecule has 0 aliphatic rings. The zero-order valence-corrected chi connectivity index (χ0v) is 7.57. The molecule has 0 radical (unpaired) electrons. The molecule has 0 saturated heterocycles. The van der Waals surface area contributed by atoms with Gasteiger partial charge in [0.1, 0.15) is 5.56 Å². The van der Waals surface area contributed by atoms with E-state index in [1.54, 1.807) is 17.7 Å². The Kier molecular flexibility index (Phi) is 2.51. The van der Waals surface area contributed by atoms with Gasteiger partial charge in [0.2, 0.25) is 0 Å². The maximum atomic E-state index is 11.3. The van der Waals surface area contributed by atoms with Gasteiger partial charge in [0, 0.05) is 24.5 Å². The second-order valence-electron chi connectivity index (χ2n) is 2.82. The van der Waals surface area contributed by atoms with Crippen LogP contribution in [0.5, 0.6) is 0 Å². The van der Waals surface area contributed by atoms with Crippen molar-refractivity contribution in [2.24, 2.45) is 0 Å². The van der Waals surface area contributed by atoms with Gasteiger partial charge in [0.15, 0.2) is 5.43 Å². The largest absolute Gasteiger partial charge is 0.477 e. The Balaban J connectivity index is 3.42. The maximum Gasteiger partial charge on any atom is 0.341 e. The van der Waals surface area contributed by atoms with E-state index < -0.39 is 11.4 Å². The first-order valence-electron chi connectivity index (χ1n) is 4.00. The first-order valence-corrected chi connectivity index (χ1v) is 4.00. The van der Waals surface area contributed by atoms with Gasteiger partial charge in [-0.25, -0.2) is 4.79 Å². The van der Waals surface area contributed by atoms with E-state index in [2.05, 4.69) is 0 Å². The molecular formula is C9H11NO3. The molecule has 0 bridgehead atoms. The SMILES string of the molecule is CCn1cc(C)c(=O)c(C(=O)O)c1. The fourth-order valence-electron chi connectivity index (χ4n) is 1.12. The first kappa shape index (κ1) is 9.51. The molecule has 70 valence electrons. The van der Waals surface area contributed by atoms with E-state index >= 15 is 0 Å². The molecule has 0 saturated carbocycles. The van der Waals surface area contributed by atoms with Crippen LogP contribution in [0, 0.1) is 6.92 Å². The number of nitrogens with zero attached hydrogens (tertiary/aromatic N) is 1. The normalized spacial score (nSPS) is 10.0. The average Bonchev–Trinajstić information content (AvgIpc) is 2.09. The van der Waals surface area contributed by atoms with Gasteiger partial charge in [-0.2, -0.15) is 0 Å². The van der Waals surface area contributed by atoms with Crippen LogP contribution in [0.2, 0.25) is 0 Å². The van der Waals surface area contributed by atoms with Crippen molar-refractivity contribution in [3.05, 3.63) is 33.7 Å². The fraction of sp³-hybridized carbons (Fsp3) is 0.333. The monoisotopic (exact) mass is 181 g/mol. The number of carboxylic acid groups (broad SMARTS) is 1. The highest BCUT2D eigenvalue weighted by Crippen LogP contribution is 1.97. The minimum atomic E-state index is -1.17. The van der Waals surface area contributed by atoms with E-state index in [0.29, 0.717) is 12.1 Å². The number of carboxylic acids is 1. The van der Waals surface area contributed by atoms with E-state index in [-0.39, 0.29) is 5.56 Å². The third kappa shape index (κ3) is 1.77. The van der Waals surface area contributed by atoms with Gasteiger partial charge in [0.25, 0.3) is 0 Å². The van der Waals surface area contributed by atoms with Crippen LogP contribution < -0.4 is 5.43 Å². The van der Waals surface area contributed by atoms with Crippen LogP contribution in [-0.4, -0.2) is 15.6 Å². The van der Waals surface area contributed by atoms with Gasteiger partial charge in [-0.15, -0.1) is 0 Å². The molecular weight excluding hydrogens is 170 g/mol. The van der Waals surface area contributed by atoms with E-state index in [9.17, 15) is 9.59 Å². The second-order valence-corrected chi connectivity index (χ2v) is 2.82. The molecule has 0 atom stereocenters. The predicted molar refractivity (Wildman–Crippen MR) is 48.1 cm³/mol. The highest BCUT2D eigenvalue weighted by molar-refractivity contribution is 5.87. The summed E-state index contributed by atoms with van der Waals surface area (Å²) in [5, 5.41) is 8.70. The van der Waals surface area contributed by atoms with Crippen molar-refractivity contribution in [3.8, 4) is 0 Å². The smallest absolute Gasteiger partial charge is 0.341 e. The summed E-state index contributed by atoms with van der Waals surface area (Å²) >= 11 is 0. The summed E-state index contributed by atoms with van der Waals surface area (Å²) in [6, 6.07) is 0. The highest BCUT2D eigenvalue weighted by atomic mass is 16.4. The molecule has 1 aromatic rings. The van der Waals surface area contributed by atoms with Crippen molar-refractivity contribution in [2.45, 2.75) is 20.4 Å². The average molecular weight is 181 g/mol. The molecule has 13 heavy (non-hydrogen) atoms. The Morgan fingerprint density at radius 2 is 2.15 bits per heavy atom. The summed E-state index contributed by atoms with van der Waals surface area (Å²) in [6.07, 6.45) is 3.01. The highest BCUT2D eigenvalue weighted by Gasteiger charge is 2.10. The minimum absolute atomic E-state index is 0.165. The molecule has 0 aliphatic carbocycles. The zero-order chi connectivity index (χ0) is 10.0. The van der Waals surface area contributed by atoms with E-state index in [0.717, 1.165) is 0 Å². The lowest BCUT2D eigenvalue weighted by atomic mass is 10.2. The molecule has 4 heteroatoms. The molecule has 1 heterocycles. The van der Waals surface area contributed by atoms with Crippen LogP contribution in [0.3, 0.4) is 0 Å². The Bertz CT molecular complexity index is 392. The van der Waals surface area contributed by atoms with Gasteiger partial charge in [-0.3, -0.25) is 4.79 Å². The van der Waals surface area contributed by atoms with Crippen molar-refractivity contribution in [1.29, 1.82) is 0 Å². The van der Waals surface area contributed by atoms with Crippen LogP contribution in [0.1, 0.15) is 22.8 Å². The lowest BCUT2D eigenvalue weighted by Crippen LogP contribution is -2.19. The van der Waals surface area contributed by atoms with Crippen LogP contribution in [-0.2, 0) is 6.54 Å². The lowest BCUT2D eigenvalue weighted by molar-refractivity contribution is 0.0694. The molecule has 1 rings (SSSR count). The Morgan fingerprint density at radius 3 is 2.62 bits per heavy atom. The summed E-state index contributed by atoms with van der Waals surface area (Å²) in [4.78, 5) is 21.9. The number of aromatic carboxylic acids is 1. The van der Waals surface area contributed by atoms with Crippen LogP contribution in [0.25, 0.3) is 0 Å². The van der Waals surface area contributed by atoms with E-state index in [4.69, 9.17) is 5.11 Å². The number of hydrogen-bond acceptors (Lipinski definition) is 2. The Hall–Kier alpha value is -1.58. The molecule has 0 aliphatic heterocycles. The number of hydrogen-bond donors (Lipinski definition) is 1. The van der Waals surface area contributed by atoms with E-state index in [1.807, 2.05) is 6.92 Å². The Labute approximate surface area is 75.4 Å². The molecule has 1 aromatic heterocycles. The molecule has 0 fully saturated rings. The third-order valence-electron chi connectivity index (χ3n) is 1.85. The van der Waals surface area contributed by atoms with Crippen LogP contribution in [0.4, 0.5) is 0 Å². The number of carbonyl (C=O) groups is 1. The van der Waals surface area contributed by atoms with Gasteiger partial charge >= 0.3 is 5.97 Å². The first-order chi connectivity index (χ1) is 6.06. The molecule has 0 unspecified atom stereocenters. The third-order valence-corrected chi connectivity index (χ3v) is 1.85. The number of aryl methyl sites for hydroxylation is 2. The summed E-state index contributed by atoms with van der Waals surface area (Å²) in [6.45, 7) is 4.15. The number of pyridine rings is 1. The quantitative estimate of drug-likeness (QED) is 0.736. The predicted octanol–water partition coefficient (Wildman–Crippen LogP) is 0.875. The molecule has 4 nitrogen and oxygen atoms in total. The minimum Gasteiger partial charge on any atom is -0.477 e. The lowest BCUT2D eigenvalue weighted by Gasteiger charge is -2.04. The second kappa shape index (κ2) is 3.43. The van der Waals surface area contributed by atoms with Crippen molar-refractivity contribution in [3.63, 3.8) is 0 Å². The van der Waals surface area contributed by atoms with Crippen molar-refractivity contribution in [2.75, 3.05) is 0 Å². The molecule has 0 aromatic carbocycles. The van der Waals surface area contributed by atoms with Crippen molar-refractivity contribution >= 4 is 5.97 Å². The number of aromatic nitrogens is 1. The summed E-state index contributed by atoms with van der Waals surface area (Å²) < 4.78 is 1.68. The van der Waals surface area contributed by atoms with Gasteiger partial charge in [-0.1, -0.05) is 0 Å². The molecule has 1 N–H and O–H groups in total. The maximum absolute atomic E-state index is 11.3. The topological polar surface area (TPSA) is 59.3 Å². The van der Waals surface area contributed by atoms with Crippen LogP contribution >= 0.6 is 0 Å². The van der Waals surface area contributed by atoms with Gasteiger partial charge in [0.05, 0.1) is 0 Å². The van der Waals surface area contributed by atoms with Crippen molar-refractivity contribution in [1.82, 2.24) is 4.57 Å². The van der Waals surface area contributed by atoms with Gasteiger partial charge < -0.3 is 9.67 Å². The Morgan fingerprint density at radius 1 is 1.54 bits per heavy atom. The van der Waals surface area contributed by atoms with Gasteiger partial charge in [-0.05, 0) is 13.8 Å². The number of rotatable bonds is 2. The summed E-state index contributed by atoms with van der Waals surface area (Å²) in [5.41, 5.74) is -0.110.